The van der Waals surface area contributed by atoms with Gasteiger partial charge < -0.3 is 9.31 Å². The third-order valence-corrected chi connectivity index (χ3v) is 10.2. The molecule has 0 radical (unpaired) electrons. The summed E-state index contributed by atoms with van der Waals surface area (Å²) in [6.07, 6.45) is 0. The van der Waals surface area contributed by atoms with Crippen molar-refractivity contribution in [3.05, 3.63) is 90.0 Å². The van der Waals surface area contributed by atoms with Gasteiger partial charge in [0.05, 0.1) is 11.2 Å². The van der Waals surface area contributed by atoms with Crippen molar-refractivity contribution in [2.75, 3.05) is 0 Å². The summed E-state index contributed by atoms with van der Waals surface area (Å²) in [4.78, 5) is 0. The van der Waals surface area contributed by atoms with E-state index in [4.69, 9.17) is 9.31 Å². The third kappa shape index (κ3) is 3.26. The molecule has 1 aliphatic heterocycles. The largest absolute Gasteiger partial charge is 0.496 e. The lowest BCUT2D eigenvalue weighted by Crippen LogP contribution is -2.41. The lowest BCUT2D eigenvalue weighted by molar-refractivity contribution is 0.00578. The van der Waals surface area contributed by atoms with Crippen LogP contribution in [0.5, 0.6) is 0 Å². The molecule has 0 saturated carbocycles. The molecule has 184 valence electrons. The molecule has 1 fully saturated rings. The predicted octanol–water partition coefficient (Wildman–Crippen LogP) is 8.33. The number of hydrogen-bond acceptors (Lipinski definition) is 3. The average molecular weight is 502 g/mol. The Morgan fingerprint density at radius 3 is 2.08 bits per heavy atom. The second-order valence-electron chi connectivity index (χ2n) is 12.1. The van der Waals surface area contributed by atoms with Crippen LogP contribution < -0.4 is 5.46 Å². The first-order chi connectivity index (χ1) is 17.6. The molecule has 0 amide bonds. The van der Waals surface area contributed by atoms with Crippen LogP contribution in [0.3, 0.4) is 0 Å². The van der Waals surface area contributed by atoms with Gasteiger partial charge in [-0.3, -0.25) is 0 Å². The molecule has 0 N–H and O–H groups in total. The molecule has 4 heteroatoms. The molecule has 5 aromatic rings. The van der Waals surface area contributed by atoms with Crippen molar-refractivity contribution >= 4 is 44.1 Å². The molecule has 2 aliphatic rings. The quantitative estimate of drug-likeness (QED) is 0.226. The number of thiophene rings is 1. The summed E-state index contributed by atoms with van der Waals surface area (Å²) in [6, 6.07) is 29.2. The molecule has 0 atom stereocenters. The van der Waals surface area contributed by atoms with E-state index in [1.54, 1.807) is 0 Å². The smallest absolute Gasteiger partial charge is 0.399 e. The Kier molecular flexibility index (Phi) is 4.75. The summed E-state index contributed by atoms with van der Waals surface area (Å²) in [6.45, 7) is 13.1. The molecule has 2 nitrogen and oxygen atoms in total. The van der Waals surface area contributed by atoms with Gasteiger partial charge in [-0.25, -0.2) is 0 Å². The van der Waals surface area contributed by atoms with E-state index in [0.29, 0.717) is 0 Å². The van der Waals surface area contributed by atoms with Gasteiger partial charge in [0.2, 0.25) is 0 Å². The lowest BCUT2D eigenvalue weighted by Gasteiger charge is -2.32. The average Bonchev–Trinajstić information content (AvgIpc) is 3.43. The van der Waals surface area contributed by atoms with Gasteiger partial charge in [0.25, 0.3) is 0 Å². The van der Waals surface area contributed by atoms with Crippen LogP contribution in [0.25, 0.3) is 42.4 Å². The van der Waals surface area contributed by atoms with Crippen LogP contribution in [0, 0.1) is 0 Å². The Hall–Kier alpha value is -2.92. The van der Waals surface area contributed by atoms with E-state index in [1.807, 2.05) is 11.3 Å². The standard InChI is InChI=1S/C33H31BO2S/c1-31(2)26-12-8-7-10-22(26)23-16-14-20(18-27(23)31)21-15-17-24-25-11-9-13-28(30(25)37-29(24)19-21)34-35-32(3,4)33(5,6)36-34/h7-19H,1-6H3. The van der Waals surface area contributed by atoms with Gasteiger partial charge in [0.1, 0.15) is 0 Å². The highest BCUT2D eigenvalue weighted by Gasteiger charge is 2.52. The summed E-state index contributed by atoms with van der Waals surface area (Å²) in [5.41, 5.74) is 8.48. The van der Waals surface area contributed by atoms with E-state index in [2.05, 4.69) is 120 Å². The van der Waals surface area contributed by atoms with Crippen molar-refractivity contribution in [1.29, 1.82) is 0 Å². The Balaban J connectivity index is 1.32. The zero-order valence-electron chi connectivity index (χ0n) is 22.3. The Morgan fingerprint density at radius 2 is 1.30 bits per heavy atom. The molecule has 0 spiro atoms. The zero-order chi connectivity index (χ0) is 25.7. The van der Waals surface area contributed by atoms with Gasteiger partial charge in [-0.1, -0.05) is 80.6 Å². The van der Waals surface area contributed by atoms with Crippen LogP contribution in [-0.4, -0.2) is 18.3 Å². The number of fused-ring (bicyclic) bond motifs is 6. The summed E-state index contributed by atoms with van der Waals surface area (Å²) >= 11 is 1.84. The minimum absolute atomic E-state index is 0.00138. The fourth-order valence-electron chi connectivity index (χ4n) is 6.04. The van der Waals surface area contributed by atoms with Gasteiger partial charge in [-0.05, 0) is 78.6 Å². The normalized spacial score (nSPS) is 18.9. The molecule has 7 rings (SSSR count). The van der Waals surface area contributed by atoms with Crippen LogP contribution in [0.2, 0.25) is 0 Å². The van der Waals surface area contributed by atoms with Gasteiger partial charge in [-0.2, -0.15) is 0 Å². The zero-order valence-corrected chi connectivity index (χ0v) is 23.1. The summed E-state index contributed by atoms with van der Waals surface area (Å²) in [5, 5.41) is 2.56. The van der Waals surface area contributed by atoms with E-state index < -0.39 is 0 Å². The monoisotopic (exact) mass is 502 g/mol. The molecule has 1 aromatic heterocycles. The SMILES string of the molecule is CC1(C)c2ccccc2-c2ccc(-c3ccc4c(c3)sc3c(B5OC(C)(C)C(C)(C)O5)cccc34)cc21. The first kappa shape index (κ1) is 23.2. The lowest BCUT2D eigenvalue weighted by atomic mass is 9.78. The van der Waals surface area contributed by atoms with E-state index in [9.17, 15) is 0 Å². The van der Waals surface area contributed by atoms with Crippen molar-refractivity contribution < 1.29 is 9.31 Å². The van der Waals surface area contributed by atoms with Gasteiger partial charge >= 0.3 is 7.12 Å². The van der Waals surface area contributed by atoms with Crippen molar-refractivity contribution in [3.8, 4) is 22.3 Å². The second-order valence-corrected chi connectivity index (χ2v) is 13.1. The van der Waals surface area contributed by atoms with Gasteiger partial charge in [-0.15, -0.1) is 11.3 Å². The fraction of sp³-hybridized carbons (Fsp3) is 0.273. The summed E-state index contributed by atoms with van der Waals surface area (Å²) in [5.74, 6) is 0. The molecule has 2 heterocycles. The summed E-state index contributed by atoms with van der Waals surface area (Å²) in [7, 11) is -0.359. The molecule has 1 aliphatic carbocycles. The Morgan fingerprint density at radius 1 is 0.622 bits per heavy atom. The van der Waals surface area contributed by atoms with Crippen LogP contribution >= 0.6 is 11.3 Å². The summed E-state index contributed by atoms with van der Waals surface area (Å²) < 4.78 is 15.4. The van der Waals surface area contributed by atoms with Crippen LogP contribution in [0.4, 0.5) is 0 Å². The molecular formula is C33H31BO2S. The van der Waals surface area contributed by atoms with E-state index >= 15 is 0 Å². The maximum Gasteiger partial charge on any atom is 0.496 e. The molecular weight excluding hydrogens is 471 g/mol. The third-order valence-electron chi connectivity index (χ3n) is 8.95. The van der Waals surface area contributed by atoms with Crippen LogP contribution in [0.1, 0.15) is 52.7 Å². The first-order valence-corrected chi connectivity index (χ1v) is 13.9. The highest BCUT2D eigenvalue weighted by molar-refractivity contribution is 7.27. The molecule has 37 heavy (non-hydrogen) atoms. The minimum Gasteiger partial charge on any atom is -0.399 e. The molecule has 4 aromatic carbocycles. The minimum atomic E-state index is -0.359. The number of rotatable bonds is 2. The maximum absolute atomic E-state index is 6.42. The Labute approximate surface area is 223 Å². The van der Waals surface area contributed by atoms with E-state index in [1.165, 1.54) is 53.6 Å². The van der Waals surface area contributed by atoms with Gasteiger partial charge in [0, 0.05) is 25.7 Å². The molecule has 0 bridgehead atoms. The predicted molar refractivity (Wildman–Crippen MR) is 158 cm³/mol. The topological polar surface area (TPSA) is 18.5 Å². The maximum atomic E-state index is 6.42. The first-order valence-electron chi connectivity index (χ1n) is 13.1. The van der Waals surface area contributed by atoms with Crippen LogP contribution in [0.15, 0.2) is 78.9 Å². The number of benzene rings is 4. The highest BCUT2D eigenvalue weighted by atomic mass is 32.1. The number of hydrogen-bond donors (Lipinski definition) is 0. The Bertz CT molecular complexity index is 1710. The van der Waals surface area contributed by atoms with Crippen molar-refractivity contribution in [2.24, 2.45) is 0 Å². The molecule has 0 unspecified atom stereocenters. The fourth-order valence-corrected chi connectivity index (χ4v) is 7.30. The van der Waals surface area contributed by atoms with Crippen LogP contribution in [-0.2, 0) is 14.7 Å². The van der Waals surface area contributed by atoms with Crippen molar-refractivity contribution in [1.82, 2.24) is 0 Å². The van der Waals surface area contributed by atoms with E-state index in [0.717, 1.165) is 5.46 Å². The second kappa shape index (κ2) is 7.57. The van der Waals surface area contributed by atoms with Gasteiger partial charge in [0.15, 0.2) is 0 Å². The van der Waals surface area contributed by atoms with Crippen molar-refractivity contribution in [2.45, 2.75) is 58.2 Å². The highest BCUT2D eigenvalue weighted by Crippen LogP contribution is 2.49. The molecule has 1 saturated heterocycles. The van der Waals surface area contributed by atoms with E-state index in [-0.39, 0.29) is 23.7 Å². The van der Waals surface area contributed by atoms with Crippen molar-refractivity contribution in [3.63, 3.8) is 0 Å².